The Morgan fingerprint density at radius 2 is 0.897 bits per heavy atom. The van der Waals surface area contributed by atoms with E-state index in [9.17, 15) is 0 Å². The highest BCUT2D eigenvalue weighted by molar-refractivity contribution is 5.79. The molecule has 0 radical (unpaired) electrons. The Kier molecular flexibility index (Phi) is 5.37. The van der Waals surface area contributed by atoms with Crippen LogP contribution in [0.1, 0.15) is 25.1 Å². The molecule has 186 valence electrons. The molecule has 4 aromatic carbocycles. The molecule has 0 aliphatic heterocycles. The summed E-state index contributed by atoms with van der Waals surface area (Å²) in [4.78, 5) is 24.3. The van der Waals surface area contributed by atoms with Crippen molar-refractivity contribution in [3.05, 3.63) is 127 Å². The molecule has 0 bridgehead atoms. The van der Waals surface area contributed by atoms with Crippen LogP contribution < -0.4 is 0 Å². The summed E-state index contributed by atoms with van der Waals surface area (Å²) in [6.45, 7) is 4.46. The molecule has 2 aromatic heterocycles. The van der Waals surface area contributed by atoms with Crippen LogP contribution in [0.2, 0.25) is 0 Å². The highest BCUT2D eigenvalue weighted by atomic mass is 15.0. The van der Waals surface area contributed by atoms with Gasteiger partial charge in [-0.15, -0.1) is 0 Å². The number of nitrogens with zero attached hydrogens (tertiary/aromatic N) is 5. The lowest BCUT2D eigenvalue weighted by Gasteiger charge is -2.20. The Balaban J connectivity index is 1.28. The van der Waals surface area contributed by atoms with Gasteiger partial charge in [-0.3, -0.25) is 0 Å². The first-order valence-corrected chi connectivity index (χ1v) is 13.0. The summed E-state index contributed by atoms with van der Waals surface area (Å²) in [6.07, 6.45) is 1.96. The highest BCUT2D eigenvalue weighted by Crippen LogP contribution is 2.47. The van der Waals surface area contributed by atoms with Crippen LogP contribution in [0.3, 0.4) is 0 Å². The van der Waals surface area contributed by atoms with E-state index in [1.54, 1.807) is 0 Å². The van der Waals surface area contributed by atoms with Gasteiger partial charge in [0.05, 0.1) is 5.69 Å². The van der Waals surface area contributed by atoms with Crippen LogP contribution in [-0.2, 0) is 5.41 Å². The predicted molar refractivity (Wildman–Crippen MR) is 155 cm³/mol. The third-order valence-corrected chi connectivity index (χ3v) is 7.37. The van der Waals surface area contributed by atoms with Crippen molar-refractivity contribution in [1.82, 2.24) is 24.9 Å². The van der Waals surface area contributed by atoms with Crippen molar-refractivity contribution < 1.29 is 0 Å². The number of rotatable bonds is 4. The van der Waals surface area contributed by atoms with Gasteiger partial charge < -0.3 is 0 Å². The smallest absolute Gasteiger partial charge is 0.164 e. The van der Waals surface area contributed by atoms with E-state index in [0.717, 1.165) is 33.5 Å². The molecule has 0 unspecified atom stereocenters. The van der Waals surface area contributed by atoms with E-state index in [4.69, 9.17) is 24.9 Å². The van der Waals surface area contributed by atoms with Crippen LogP contribution >= 0.6 is 0 Å². The number of benzene rings is 4. The third-order valence-electron chi connectivity index (χ3n) is 7.37. The van der Waals surface area contributed by atoms with E-state index in [2.05, 4.69) is 38.1 Å². The van der Waals surface area contributed by atoms with Gasteiger partial charge in [0.2, 0.25) is 0 Å². The predicted octanol–water partition coefficient (Wildman–Crippen LogP) is 7.64. The molecular weight excluding hydrogens is 478 g/mol. The summed E-state index contributed by atoms with van der Waals surface area (Å²) in [5.74, 6) is 2.63. The molecule has 0 saturated carbocycles. The van der Waals surface area contributed by atoms with Crippen LogP contribution in [-0.4, -0.2) is 24.9 Å². The number of hydrogen-bond donors (Lipinski definition) is 0. The minimum Gasteiger partial charge on any atom is -0.236 e. The van der Waals surface area contributed by atoms with Crippen molar-refractivity contribution in [1.29, 1.82) is 0 Å². The van der Waals surface area contributed by atoms with Crippen molar-refractivity contribution in [2.45, 2.75) is 19.3 Å². The molecule has 5 heteroatoms. The Bertz CT molecular complexity index is 1750. The largest absolute Gasteiger partial charge is 0.236 e. The maximum absolute atomic E-state index is 5.05. The zero-order valence-electron chi connectivity index (χ0n) is 21.7. The fourth-order valence-corrected chi connectivity index (χ4v) is 5.29. The van der Waals surface area contributed by atoms with E-state index < -0.39 is 0 Å². The zero-order valence-corrected chi connectivity index (χ0v) is 21.7. The second kappa shape index (κ2) is 9.07. The average molecular weight is 504 g/mol. The molecule has 1 aliphatic rings. The van der Waals surface area contributed by atoms with Crippen LogP contribution in [0.4, 0.5) is 0 Å². The quantitative estimate of drug-likeness (QED) is 0.247. The summed E-state index contributed by atoms with van der Waals surface area (Å²) < 4.78 is 0. The number of fused-ring (bicyclic) bond motifs is 3. The first-order chi connectivity index (χ1) is 19.1. The lowest BCUT2D eigenvalue weighted by atomic mass is 9.85. The molecule has 39 heavy (non-hydrogen) atoms. The molecule has 0 amide bonds. The zero-order chi connectivity index (χ0) is 26.4. The summed E-state index contributed by atoms with van der Waals surface area (Å²) in [5.41, 5.74) is 8.28. The number of aromatic nitrogens is 5. The second-order valence-corrected chi connectivity index (χ2v) is 10.2. The molecular formula is C34H25N5. The molecule has 0 saturated heterocycles. The van der Waals surface area contributed by atoms with E-state index in [1.807, 2.05) is 91.1 Å². The van der Waals surface area contributed by atoms with Gasteiger partial charge in [-0.05, 0) is 11.1 Å². The van der Waals surface area contributed by atoms with Gasteiger partial charge in [0.1, 0.15) is 0 Å². The maximum atomic E-state index is 5.05. The molecule has 5 nitrogen and oxygen atoms in total. The van der Waals surface area contributed by atoms with Crippen LogP contribution in [0, 0.1) is 0 Å². The molecule has 7 rings (SSSR count). The minimum absolute atomic E-state index is 0.171. The summed E-state index contributed by atoms with van der Waals surface area (Å²) >= 11 is 0. The van der Waals surface area contributed by atoms with Crippen molar-refractivity contribution in [2.75, 3.05) is 0 Å². The van der Waals surface area contributed by atoms with Gasteiger partial charge in [0.15, 0.2) is 23.3 Å². The first kappa shape index (κ1) is 23.1. The monoisotopic (exact) mass is 503 g/mol. The maximum Gasteiger partial charge on any atom is 0.164 e. The van der Waals surface area contributed by atoms with E-state index in [1.165, 1.54) is 11.1 Å². The molecule has 6 aromatic rings. The van der Waals surface area contributed by atoms with Crippen molar-refractivity contribution in [3.63, 3.8) is 0 Å². The fourth-order valence-electron chi connectivity index (χ4n) is 5.29. The standard InChI is InChI=1S/C34H25N5/c1-34(2)28-16-10-9-15-26(28)27-21-35-30(36-29(27)34)24-17-19-25(20-18-24)33-38-31(22-11-5-3-6-12-22)37-32(39-33)23-13-7-4-8-14-23/h3-21H,1-2H3. The lowest BCUT2D eigenvalue weighted by Crippen LogP contribution is -2.17. The lowest BCUT2D eigenvalue weighted by molar-refractivity contribution is 0.636. The second-order valence-electron chi connectivity index (χ2n) is 10.2. The van der Waals surface area contributed by atoms with Crippen LogP contribution in [0.15, 0.2) is 115 Å². The SMILES string of the molecule is CC1(C)c2ccccc2-c2cnc(-c3ccc(-c4nc(-c5ccccc5)nc(-c5ccccc5)n4)cc3)nc21. The fraction of sp³-hybridized carbons (Fsp3) is 0.0882. The van der Waals surface area contributed by atoms with Crippen LogP contribution in [0.25, 0.3) is 56.7 Å². The Hall–Kier alpha value is -5.03. The first-order valence-electron chi connectivity index (χ1n) is 13.0. The Morgan fingerprint density at radius 1 is 0.436 bits per heavy atom. The molecule has 1 aliphatic carbocycles. The molecule has 0 fully saturated rings. The highest BCUT2D eigenvalue weighted by Gasteiger charge is 2.37. The van der Waals surface area contributed by atoms with Gasteiger partial charge in [0.25, 0.3) is 0 Å². The van der Waals surface area contributed by atoms with E-state index in [0.29, 0.717) is 23.3 Å². The minimum atomic E-state index is -0.171. The summed E-state index contributed by atoms with van der Waals surface area (Å²) in [6, 6.07) is 36.7. The normalized spacial score (nSPS) is 13.1. The molecule has 2 heterocycles. The third kappa shape index (κ3) is 3.99. The van der Waals surface area contributed by atoms with Gasteiger partial charge >= 0.3 is 0 Å². The average Bonchev–Trinajstić information content (AvgIpc) is 3.24. The van der Waals surface area contributed by atoms with Crippen molar-refractivity contribution in [3.8, 4) is 56.7 Å². The molecule has 0 N–H and O–H groups in total. The van der Waals surface area contributed by atoms with Crippen LogP contribution in [0.5, 0.6) is 0 Å². The summed E-state index contributed by atoms with van der Waals surface area (Å²) in [5, 5.41) is 0. The Labute approximate surface area is 227 Å². The van der Waals surface area contributed by atoms with Gasteiger partial charge in [-0.25, -0.2) is 24.9 Å². The molecule has 0 spiro atoms. The molecule has 0 atom stereocenters. The van der Waals surface area contributed by atoms with E-state index >= 15 is 0 Å². The van der Waals surface area contributed by atoms with Gasteiger partial charge in [-0.2, -0.15) is 0 Å². The van der Waals surface area contributed by atoms with Gasteiger partial charge in [-0.1, -0.05) is 123 Å². The summed E-state index contributed by atoms with van der Waals surface area (Å²) in [7, 11) is 0. The van der Waals surface area contributed by atoms with Gasteiger partial charge in [0, 0.05) is 39.4 Å². The van der Waals surface area contributed by atoms with Crippen molar-refractivity contribution >= 4 is 0 Å². The number of hydrogen-bond acceptors (Lipinski definition) is 5. The van der Waals surface area contributed by atoms with Crippen molar-refractivity contribution in [2.24, 2.45) is 0 Å². The van der Waals surface area contributed by atoms with E-state index in [-0.39, 0.29) is 5.41 Å². The topological polar surface area (TPSA) is 64.5 Å². The Morgan fingerprint density at radius 3 is 1.46 bits per heavy atom.